The van der Waals surface area contributed by atoms with Crippen LogP contribution < -0.4 is 10.9 Å². The number of halogens is 1. The van der Waals surface area contributed by atoms with E-state index in [0.717, 1.165) is 19.6 Å². The van der Waals surface area contributed by atoms with Crippen LogP contribution in [0.25, 0.3) is 16.5 Å². The van der Waals surface area contributed by atoms with Gasteiger partial charge in [-0.25, -0.2) is 4.79 Å². The molecule has 0 spiro atoms. The molecule has 2 aromatic heterocycles. The summed E-state index contributed by atoms with van der Waals surface area (Å²) >= 11 is 3.25. The summed E-state index contributed by atoms with van der Waals surface area (Å²) in [7, 11) is 0. The van der Waals surface area contributed by atoms with E-state index >= 15 is 0 Å². The molecule has 2 aromatic carbocycles. The Bertz CT molecular complexity index is 1350. The van der Waals surface area contributed by atoms with Crippen LogP contribution in [-0.4, -0.2) is 28.3 Å². The van der Waals surface area contributed by atoms with Crippen molar-refractivity contribution in [1.29, 1.82) is 0 Å². The Kier molecular flexibility index (Phi) is 6.14. The molecular formula is C22H16IN3O4S. The monoisotopic (exact) mass is 545 g/mol. The van der Waals surface area contributed by atoms with Gasteiger partial charge in [0.15, 0.2) is 5.69 Å². The number of amides is 1. The smallest absolute Gasteiger partial charge is 0.359 e. The maximum absolute atomic E-state index is 13.3. The van der Waals surface area contributed by atoms with Gasteiger partial charge in [0.05, 0.1) is 23.2 Å². The number of hydrogen-bond acceptors (Lipinski definition) is 6. The Morgan fingerprint density at radius 1 is 1.13 bits per heavy atom. The van der Waals surface area contributed by atoms with E-state index in [9.17, 15) is 14.4 Å². The predicted octanol–water partition coefficient (Wildman–Crippen LogP) is 4.48. The fraction of sp³-hybridized carbons (Fsp3) is 0.0909. The molecule has 4 rings (SSSR count). The normalized spacial score (nSPS) is 10.8. The van der Waals surface area contributed by atoms with Crippen molar-refractivity contribution in [3.05, 3.63) is 85.2 Å². The van der Waals surface area contributed by atoms with Gasteiger partial charge in [-0.3, -0.25) is 9.59 Å². The van der Waals surface area contributed by atoms with Gasteiger partial charge in [0.25, 0.3) is 11.5 Å². The SMILES string of the molecule is CCOC(=O)c1nn(-c2ccccc2)c(=O)c2c(NC(=O)c3ccccc3I)scc12. The summed E-state index contributed by atoms with van der Waals surface area (Å²) in [6.07, 6.45) is 0. The van der Waals surface area contributed by atoms with Crippen LogP contribution >= 0.6 is 33.9 Å². The van der Waals surface area contributed by atoms with E-state index in [2.05, 4.69) is 33.0 Å². The third-order valence-electron chi connectivity index (χ3n) is 4.47. The van der Waals surface area contributed by atoms with Crippen LogP contribution in [0.3, 0.4) is 0 Å². The number of esters is 1. The average molecular weight is 545 g/mol. The van der Waals surface area contributed by atoms with Gasteiger partial charge >= 0.3 is 5.97 Å². The number of ether oxygens (including phenoxy) is 1. The summed E-state index contributed by atoms with van der Waals surface area (Å²) in [6.45, 7) is 1.87. The second-order valence-electron chi connectivity index (χ2n) is 6.41. The van der Waals surface area contributed by atoms with Gasteiger partial charge in [-0.15, -0.1) is 11.3 Å². The minimum absolute atomic E-state index is 0.0198. The molecule has 0 fully saturated rings. The molecule has 0 unspecified atom stereocenters. The third-order valence-corrected chi connectivity index (χ3v) is 6.30. The lowest BCUT2D eigenvalue weighted by molar-refractivity contribution is 0.0520. The number of carbonyl (C=O) groups is 2. The molecule has 0 saturated carbocycles. The van der Waals surface area contributed by atoms with Crippen molar-refractivity contribution in [2.45, 2.75) is 6.92 Å². The van der Waals surface area contributed by atoms with E-state index in [1.807, 2.05) is 18.2 Å². The van der Waals surface area contributed by atoms with Crippen molar-refractivity contribution in [1.82, 2.24) is 9.78 Å². The van der Waals surface area contributed by atoms with Crippen LogP contribution in [0.5, 0.6) is 0 Å². The van der Waals surface area contributed by atoms with E-state index in [1.165, 1.54) is 0 Å². The van der Waals surface area contributed by atoms with Gasteiger partial charge < -0.3 is 10.1 Å². The molecule has 1 N–H and O–H groups in total. The molecule has 156 valence electrons. The lowest BCUT2D eigenvalue weighted by atomic mass is 10.2. The van der Waals surface area contributed by atoms with Crippen LogP contribution in [0.4, 0.5) is 5.00 Å². The highest BCUT2D eigenvalue weighted by molar-refractivity contribution is 14.1. The van der Waals surface area contributed by atoms with Gasteiger partial charge in [-0.05, 0) is 53.8 Å². The van der Waals surface area contributed by atoms with E-state index in [0.29, 0.717) is 21.6 Å². The van der Waals surface area contributed by atoms with E-state index in [-0.39, 0.29) is 23.6 Å². The topological polar surface area (TPSA) is 90.3 Å². The summed E-state index contributed by atoms with van der Waals surface area (Å²) < 4.78 is 7.08. The molecule has 0 aliphatic rings. The lowest BCUT2D eigenvalue weighted by Gasteiger charge is -2.10. The zero-order chi connectivity index (χ0) is 22.0. The zero-order valence-electron chi connectivity index (χ0n) is 16.3. The van der Waals surface area contributed by atoms with Crippen molar-refractivity contribution in [3.8, 4) is 5.69 Å². The highest BCUT2D eigenvalue weighted by Crippen LogP contribution is 2.31. The van der Waals surface area contributed by atoms with Crippen LogP contribution in [-0.2, 0) is 4.74 Å². The number of nitrogens with zero attached hydrogens (tertiary/aromatic N) is 2. The number of rotatable bonds is 5. The number of thiophene rings is 1. The Morgan fingerprint density at radius 3 is 2.55 bits per heavy atom. The van der Waals surface area contributed by atoms with Crippen LogP contribution in [0.1, 0.15) is 27.8 Å². The molecule has 0 radical (unpaired) electrons. The van der Waals surface area contributed by atoms with Crippen molar-refractivity contribution < 1.29 is 14.3 Å². The number of benzene rings is 2. The molecule has 31 heavy (non-hydrogen) atoms. The van der Waals surface area contributed by atoms with Crippen LogP contribution in [0, 0.1) is 3.57 Å². The Balaban J connectivity index is 1.89. The number of aromatic nitrogens is 2. The molecule has 0 aliphatic carbocycles. The summed E-state index contributed by atoms with van der Waals surface area (Å²) in [5, 5.41) is 9.64. The second-order valence-corrected chi connectivity index (χ2v) is 8.45. The minimum Gasteiger partial charge on any atom is -0.461 e. The average Bonchev–Trinajstić information content (AvgIpc) is 3.19. The van der Waals surface area contributed by atoms with Gasteiger partial charge in [0, 0.05) is 14.3 Å². The number of hydrogen-bond donors (Lipinski definition) is 1. The van der Waals surface area contributed by atoms with Gasteiger partial charge in [-0.2, -0.15) is 9.78 Å². The molecule has 0 bridgehead atoms. The first-order valence-electron chi connectivity index (χ1n) is 9.34. The number of anilines is 1. The molecule has 4 aromatic rings. The quantitative estimate of drug-likeness (QED) is 0.295. The molecular weight excluding hydrogens is 529 g/mol. The first-order chi connectivity index (χ1) is 15.0. The van der Waals surface area contributed by atoms with Crippen molar-refractivity contribution in [2.24, 2.45) is 0 Å². The fourth-order valence-corrected chi connectivity index (χ4v) is 4.62. The number of nitrogens with one attached hydrogen (secondary N) is 1. The van der Waals surface area contributed by atoms with E-state index in [4.69, 9.17) is 4.74 Å². The maximum Gasteiger partial charge on any atom is 0.359 e. The molecule has 0 aliphatic heterocycles. The number of para-hydroxylation sites is 1. The summed E-state index contributed by atoms with van der Waals surface area (Å²) in [5.74, 6) is -0.973. The fourth-order valence-electron chi connectivity index (χ4n) is 3.05. The van der Waals surface area contributed by atoms with Gasteiger partial charge in [0.1, 0.15) is 5.00 Å². The Labute approximate surface area is 194 Å². The molecule has 1 amide bonds. The Hall–Kier alpha value is -3.05. The molecule has 9 heteroatoms. The summed E-state index contributed by atoms with van der Waals surface area (Å²) in [4.78, 5) is 38.7. The molecule has 0 saturated heterocycles. The van der Waals surface area contributed by atoms with Crippen molar-refractivity contribution >= 4 is 61.6 Å². The third kappa shape index (κ3) is 4.10. The van der Waals surface area contributed by atoms with Crippen LogP contribution in [0.15, 0.2) is 64.8 Å². The lowest BCUT2D eigenvalue weighted by Crippen LogP contribution is -2.25. The number of fused-ring (bicyclic) bond motifs is 1. The standard InChI is InChI=1S/C22H16IN3O4S/c1-2-30-22(29)18-15-12-31-20(24-19(27)14-10-6-7-11-16(14)23)17(15)21(28)26(25-18)13-8-4-3-5-9-13/h3-12H,2H2,1H3,(H,24,27). The zero-order valence-corrected chi connectivity index (χ0v) is 19.3. The molecule has 2 heterocycles. The predicted molar refractivity (Wildman–Crippen MR) is 128 cm³/mol. The summed E-state index contributed by atoms with van der Waals surface area (Å²) in [6, 6.07) is 15.9. The maximum atomic E-state index is 13.3. The Morgan fingerprint density at radius 2 is 1.84 bits per heavy atom. The second kappa shape index (κ2) is 8.98. The highest BCUT2D eigenvalue weighted by Gasteiger charge is 2.23. The highest BCUT2D eigenvalue weighted by atomic mass is 127. The first kappa shape index (κ1) is 21.2. The first-order valence-corrected chi connectivity index (χ1v) is 11.3. The van der Waals surface area contributed by atoms with Gasteiger partial charge in [-0.1, -0.05) is 30.3 Å². The van der Waals surface area contributed by atoms with E-state index < -0.39 is 11.5 Å². The van der Waals surface area contributed by atoms with Crippen LogP contribution in [0.2, 0.25) is 0 Å². The number of carbonyl (C=O) groups excluding carboxylic acids is 2. The molecule has 7 nitrogen and oxygen atoms in total. The summed E-state index contributed by atoms with van der Waals surface area (Å²) in [5.41, 5.74) is 0.577. The largest absolute Gasteiger partial charge is 0.461 e. The van der Waals surface area contributed by atoms with Crippen molar-refractivity contribution in [3.63, 3.8) is 0 Å². The van der Waals surface area contributed by atoms with E-state index in [1.54, 1.807) is 48.7 Å². The minimum atomic E-state index is -0.634. The van der Waals surface area contributed by atoms with Gasteiger partial charge in [0.2, 0.25) is 0 Å². The molecule has 0 atom stereocenters. The van der Waals surface area contributed by atoms with Crippen molar-refractivity contribution in [2.75, 3.05) is 11.9 Å².